The van der Waals surface area contributed by atoms with Crippen molar-refractivity contribution < 1.29 is 14.2 Å². The largest absolute Gasteiger partial charge is 0.475 e. The number of pyridine rings is 1. The predicted molar refractivity (Wildman–Crippen MR) is 110 cm³/mol. The molecule has 140 valence electrons. The lowest BCUT2D eigenvalue weighted by molar-refractivity contribution is 0.0407. The smallest absolute Gasteiger partial charge is 0.213 e. The minimum atomic E-state index is 0.465. The molecule has 26 heavy (non-hydrogen) atoms. The van der Waals surface area contributed by atoms with E-state index in [-0.39, 0.29) is 0 Å². The average molecular weight is 375 g/mol. The first-order valence-corrected chi connectivity index (χ1v) is 9.26. The highest BCUT2D eigenvalue weighted by Gasteiger charge is 1.96. The van der Waals surface area contributed by atoms with Crippen molar-refractivity contribution in [2.24, 2.45) is 0 Å². The number of rotatable bonds is 12. The van der Waals surface area contributed by atoms with Gasteiger partial charge in [0.25, 0.3) is 0 Å². The number of aromatic nitrogens is 1. The van der Waals surface area contributed by atoms with Crippen LogP contribution in [0.5, 0.6) is 5.88 Å². The molecule has 1 N–H and O–H groups in total. The maximum atomic E-state index is 5.56. The van der Waals surface area contributed by atoms with Crippen LogP contribution in [0.25, 0.3) is 12.2 Å². The molecule has 1 aromatic carbocycles. The van der Waals surface area contributed by atoms with Crippen LogP contribution in [-0.4, -0.2) is 50.8 Å². The van der Waals surface area contributed by atoms with Crippen LogP contribution in [0, 0.1) is 0 Å². The third-order valence-corrected chi connectivity index (χ3v) is 3.69. The Labute approximate surface area is 160 Å². The highest BCUT2D eigenvalue weighted by Crippen LogP contribution is 2.13. The number of ether oxygens (including phenoxy) is 3. The molecule has 6 heteroatoms. The van der Waals surface area contributed by atoms with Crippen LogP contribution in [0.3, 0.4) is 0 Å². The van der Waals surface area contributed by atoms with Gasteiger partial charge in [-0.05, 0) is 29.3 Å². The Hall–Kier alpha value is -2.02. The number of nitrogens with zero attached hydrogens (tertiary/aromatic N) is 1. The van der Waals surface area contributed by atoms with Crippen LogP contribution in [0.1, 0.15) is 11.1 Å². The molecule has 1 heterocycles. The van der Waals surface area contributed by atoms with Gasteiger partial charge in [-0.25, -0.2) is 4.98 Å². The lowest BCUT2D eigenvalue weighted by atomic mass is 10.1. The van der Waals surface area contributed by atoms with Gasteiger partial charge < -0.3 is 19.5 Å². The van der Waals surface area contributed by atoms with Gasteiger partial charge in [0.2, 0.25) is 5.88 Å². The van der Waals surface area contributed by atoms with Gasteiger partial charge >= 0.3 is 0 Å². The van der Waals surface area contributed by atoms with Crippen LogP contribution in [-0.2, 0) is 9.47 Å². The van der Waals surface area contributed by atoms with E-state index < -0.39 is 0 Å². The Morgan fingerprint density at radius 1 is 0.885 bits per heavy atom. The topological polar surface area (TPSA) is 52.6 Å². The lowest BCUT2D eigenvalue weighted by Gasteiger charge is -2.07. The Bertz CT molecular complexity index is 645. The lowest BCUT2D eigenvalue weighted by Crippen LogP contribution is -2.11. The van der Waals surface area contributed by atoms with E-state index in [1.54, 1.807) is 6.20 Å². The number of nitrogens with one attached hydrogen (secondary N) is 1. The number of benzene rings is 1. The Morgan fingerprint density at radius 2 is 1.54 bits per heavy atom. The molecule has 0 amide bonds. The molecule has 0 radical (unpaired) electrons. The summed E-state index contributed by atoms with van der Waals surface area (Å²) in [6.45, 7) is 2.76. The second-order valence-corrected chi connectivity index (χ2v) is 5.88. The highest BCUT2D eigenvalue weighted by molar-refractivity contribution is 7.80. The van der Waals surface area contributed by atoms with Crippen LogP contribution >= 0.6 is 12.6 Å². The van der Waals surface area contributed by atoms with E-state index in [0.29, 0.717) is 38.9 Å². The van der Waals surface area contributed by atoms with Crippen LogP contribution in [0.2, 0.25) is 0 Å². The first-order chi connectivity index (χ1) is 12.8. The summed E-state index contributed by atoms with van der Waals surface area (Å²) in [6, 6.07) is 12.1. The first-order valence-electron chi connectivity index (χ1n) is 8.63. The third kappa shape index (κ3) is 7.91. The monoisotopic (exact) mass is 374 g/mol. The van der Waals surface area contributed by atoms with Gasteiger partial charge in [-0.3, -0.25) is 0 Å². The summed E-state index contributed by atoms with van der Waals surface area (Å²) >= 11 is 4.07. The molecular formula is C20H26N2O3S. The fourth-order valence-electron chi connectivity index (χ4n) is 2.12. The van der Waals surface area contributed by atoms with E-state index in [1.807, 2.05) is 37.4 Å². The second kappa shape index (κ2) is 12.4. The highest BCUT2D eigenvalue weighted by atomic mass is 32.1. The van der Waals surface area contributed by atoms with E-state index in [9.17, 15) is 0 Å². The molecule has 0 atom stereocenters. The standard InChI is InChI=1S/C20H26N2O3S/c1-21-19-7-4-17(5-8-19)2-3-18-6-9-20(22-16-18)25-13-12-23-10-11-24-14-15-26/h2-9,16,21,26H,10-15H2,1H3. The Kier molecular flexibility index (Phi) is 9.64. The van der Waals surface area contributed by atoms with E-state index in [4.69, 9.17) is 14.2 Å². The van der Waals surface area contributed by atoms with Crippen molar-refractivity contribution in [2.45, 2.75) is 0 Å². The maximum absolute atomic E-state index is 5.56. The van der Waals surface area contributed by atoms with E-state index in [2.05, 4.69) is 41.1 Å². The van der Waals surface area contributed by atoms with Gasteiger partial charge in [0.15, 0.2) is 0 Å². The van der Waals surface area contributed by atoms with E-state index >= 15 is 0 Å². The van der Waals surface area contributed by atoms with Crippen molar-refractivity contribution in [2.75, 3.05) is 51.2 Å². The molecule has 0 aliphatic heterocycles. The summed E-state index contributed by atoms with van der Waals surface area (Å²) in [5, 5.41) is 3.10. The SMILES string of the molecule is CNc1ccc(C=Cc2ccc(OCCOCCOCCS)nc2)cc1. The predicted octanol–water partition coefficient (Wildman–Crippen LogP) is 3.64. The van der Waals surface area contributed by atoms with Gasteiger partial charge in [0, 0.05) is 30.8 Å². The molecule has 1 aromatic heterocycles. The molecule has 0 spiro atoms. The minimum absolute atomic E-state index is 0.465. The molecule has 5 nitrogen and oxygen atoms in total. The quantitative estimate of drug-likeness (QED) is 0.439. The van der Waals surface area contributed by atoms with Crippen molar-refractivity contribution in [3.05, 3.63) is 53.7 Å². The Balaban J connectivity index is 1.68. The summed E-state index contributed by atoms with van der Waals surface area (Å²) < 4.78 is 16.2. The van der Waals surface area contributed by atoms with Gasteiger partial charge in [0.05, 0.1) is 26.4 Å². The van der Waals surface area contributed by atoms with Crippen molar-refractivity contribution in [3.63, 3.8) is 0 Å². The Morgan fingerprint density at radius 3 is 2.19 bits per heavy atom. The minimum Gasteiger partial charge on any atom is -0.475 e. The normalized spacial score (nSPS) is 11.0. The fraction of sp³-hybridized carbons (Fsp3) is 0.350. The fourth-order valence-corrected chi connectivity index (χ4v) is 2.25. The molecule has 0 aliphatic carbocycles. The van der Waals surface area contributed by atoms with Crippen LogP contribution < -0.4 is 10.1 Å². The van der Waals surface area contributed by atoms with Crippen LogP contribution in [0.4, 0.5) is 5.69 Å². The van der Waals surface area contributed by atoms with Gasteiger partial charge in [0.1, 0.15) is 6.61 Å². The number of hydrogen-bond acceptors (Lipinski definition) is 6. The molecule has 0 saturated heterocycles. The summed E-state index contributed by atoms with van der Waals surface area (Å²) in [7, 11) is 1.91. The maximum Gasteiger partial charge on any atom is 0.213 e. The van der Waals surface area contributed by atoms with Crippen molar-refractivity contribution in [3.8, 4) is 5.88 Å². The molecule has 0 bridgehead atoms. The molecule has 0 fully saturated rings. The van der Waals surface area contributed by atoms with E-state index in [0.717, 1.165) is 22.6 Å². The summed E-state index contributed by atoms with van der Waals surface area (Å²) in [4.78, 5) is 4.30. The van der Waals surface area contributed by atoms with Crippen molar-refractivity contribution in [1.82, 2.24) is 4.98 Å². The molecule has 2 rings (SSSR count). The summed E-state index contributed by atoms with van der Waals surface area (Å²) in [6.07, 6.45) is 5.87. The number of hydrogen-bond donors (Lipinski definition) is 2. The van der Waals surface area contributed by atoms with Crippen molar-refractivity contribution in [1.29, 1.82) is 0 Å². The summed E-state index contributed by atoms with van der Waals surface area (Å²) in [5.74, 6) is 1.32. The van der Waals surface area contributed by atoms with Crippen molar-refractivity contribution >= 4 is 30.5 Å². The van der Waals surface area contributed by atoms with Gasteiger partial charge in [-0.2, -0.15) is 12.6 Å². The second-order valence-electron chi connectivity index (χ2n) is 5.43. The van der Waals surface area contributed by atoms with E-state index in [1.165, 1.54) is 0 Å². The molecule has 2 aromatic rings. The van der Waals surface area contributed by atoms with Crippen LogP contribution in [0.15, 0.2) is 42.6 Å². The first kappa shape index (κ1) is 20.3. The van der Waals surface area contributed by atoms with Gasteiger partial charge in [-0.15, -0.1) is 0 Å². The summed E-state index contributed by atoms with van der Waals surface area (Å²) in [5.41, 5.74) is 3.26. The molecular weight excluding hydrogens is 348 g/mol. The molecule has 0 unspecified atom stereocenters. The number of thiol groups is 1. The molecule has 0 saturated carbocycles. The average Bonchev–Trinajstić information content (AvgIpc) is 2.69. The number of anilines is 1. The zero-order valence-electron chi connectivity index (χ0n) is 15.1. The van der Waals surface area contributed by atoms with Gasteiger partial charge in [-0.1, -0.05) is 24.3 Å². The third-order valence-electron chi connectivity index (χ3n) is 3.51. The zero-order chi connectivity index (χ0) is 18.5. The molecule has 0 aliphatic rings. The zero-order valence-corrected chi connectivity index (χ0v) is 16.0.